The van der Waals surface area contributed by atoms with Gasteiger partial charge in [0, 0.05) is 28.5 Å². The van der Waals surface area contributed by atoms with Crippen LogP contribution in [0.2, 0.25) is 0 Å². The first kappa shape index (κ1) is 14.0. The van der Waals surface area contributed by atoms with E-state index in [1.54, 1.807) is 24.5 Å². The second-order valence-electron chi connectivity index (χ2n) is 4.28. The molecule has 0 fully saturated rings. The minimum absolute atomic E-state index is 0.196. The number of hydrogen-bond acceptors (Lipinski definition) is 3. The highest BCUT2D eigenvalue weighted by Gasteiger charge is 2.07. The van der Waals surface area contributed by atoms with E-state index in [0.717, 1.165) is 15.6 Å². The van der Waals surface area contributed by atoms with Crippen LogP contribution in [0.25, 0.3) is 0 Å². The smallest absolute Gasteiger partial charge is 0.165 e. The summed E-state index contributed by atoms with van der Waals surface area (Å²) >= 11 is 3.32. The Kier molecular flexibility index (Phi) is 4.50. The SMILES string of the molecule is C[C@@H](N)c1ccc(OCc2cncc(Br)c2)c(F)c1. The summed E-state index contributed by atoms with van der Waals surface area (Å²) in [6, 6.07) is 6.44. The number of halogens is 2. The third-order valence-electron chi connectivity index (χ3n) is 2.64. The van der Waals surface area contributed by atoms with Gasteiger partial charge in [-0.05, 0) is 46.6 Å². The van der Waals surface area contributed by atoms with Crippen LogP contribution in [0.15, 0.2) is 41.1 Å². The summed E-state index contributed by atoms with van der Waals surface area (Å²) < 4.78 is 20.1. The summed E-state index contributed by atoms with van der Waals surface area (Å²) in [5, 5.41) is 0. The standard InChI is InChI=1S/C14H14BrFN2O/c1-9(17)11-2-3-14(13(16)5-11)19-8-10-4-12(15)7-18-6-10/h2-7,9H,8,17H2,1H3/t9-/m1/s1. The average molecular weight is 325 g/mol. The Morgan fingerprint density at radius 1 is 1.37 bits per heavy atom. The summed E-state index contributed by atoms with van der Waals surface area (Å²) in [5.41, 5.74) is 7.30. The van der Waals surface area contributed by atoms with Crippen LogP contribution in [0, 0.1) is 5.82 Å². The van der Waals surface area contributed by atoms with Gasteiger partial charge in [-0.3, -0.25) is 4.98 Å². The molecule has 0 aliphatic heterocycles. The molecule has 100 valence electrons. The zero-order valence-corrected chi connectivity index (χ0v) is 12.0. The van der Waals surface area contributed by atoms with Gasteiger partial charge in [0.25, 0.3) is 0 Å². The number of nitrogens with zero attached hydrogens (tertiary/aromatic N) is 1. The molecule has 1 heterocycles. The number of pyridine rings is 1. The highest BCUT2D eigenvalue weighted by Crippen LogP contribution is 2.22. The van der Waals surface area contributed by atoms with E-state index in [0.29, 0.717) is 0 Å². The van der Waals surface area contributed by atoms with Crippen molar-refractivity contribution >= 4 is 15.9 Å². The molecule has 2 N–H and O–H groups in total. The fraction of sp³-hybridized carbons (Fsp3) is 0.214. The molecule has 19 heavy (non-hydrogen) atoms. The Morgan fingerprint density at radius 3 is 2.79 bits per heavy atom. The average Bonchev–Trinajstić information content (AvgIpc) is 2.37. The van der Waals surface area contributed by atoms with Crippen molar-refractivity contribution in [2.45, 2.75) is 19.6 Å². The molecule has 2 rings (SSSR count). The molecule has 0 aliphatic carbocycles. The predicted molar refractivity (Wildman–Crippen MR) is 75.3 cm³/mol. The third-order valence-corrected chi connectivity index (χ3v) is 3.07. The van der Waals surface area contributed by atoms with Gasteiger partial charge in [-0.25, -0.2) is 4.39 Å². The van der Waals surface area contributed by atoms with Crippen LogP contribution in [-0.2, 0) is 6.61 Å². The molecule has 0 radical (unpaired) electrons. The maximum absolute atomic E-state index is 13.8. The monoisotopic (exact) mass is 324 g/mol. The highest BCUT2D eigenvalue weighted by atomic mass is 79.9. The van der Waals surface area contributed by atoms with E-state index in [2.05, 4.69) is 20.9 Å². The fourth-order valence-electron chi connectivity index (χ4n) is 1.61. The minimum Gasteiger partial charge on any atom is -0.486 e. The lowest BCUT2D eigenvalue weighted by atomic mass is 10.1. The Hall–Kier alpha value is -1.46. The van der Waals surface area contributed by atoms with Gasteiger partial charge < -0.3 is 10.5 Å². The number of rotatable bonds is 4. The van der Waals surface area contributed by atoms with Crippen molar-refractivity contribution in [1.29, 1.82) is 0 Å². The quantitative estimate of drug-likeness (QED) is 0.935. The summed E-state index contributed by atoms with van der Waals surface area (Å²) in [6.45, 7) is 2.07. The summed E-state index contributed by atoms with van der Waals surface area (Å²) in [6.07, 6.45) is 3.36. The lowest BCUT2D eigenvalue weighted by Gasteiger charge is -2.10. The van der Waals surface area contributed by atoms with Crippen LogP contribution in [0.4, 0.5) is 4.39 Å². The fourth-order valence-corrected chi connectivity index (χ4v) is 2.03. The van der Waals surface area contributed by atoms with Crippen LogP contribution >= 0.6 is 15.9 Å². The van der Waals surface area contributed by atoms with E-state index in [1.807, 2.05) is 13.0 Å². The van der Waals surface area contributed by atoms with Gasteiger partial charge in [0.05, 0.1) is 0 Å². The molecule has 1 aromatic carbocycles. The van der Waals surface area contributed by atoms with Gasteiger partial charge >= 0.3 is 0 Å². The second kappa shape index (κ2) is 6.12. The lowest BCUT2D eigenvalue weighted by molar-refractivity contribution is 0.289. The lowest BCUT2D eigenvalue weighted by Crippen LogP contribution is -2.06. The molecule has 1 atom stereocenters. The molecule has 1 aromatic heterocycles. The van der Waals surface area contributed by atoms with Crippen LogP contribution in [-0.4, -0.2) is 4.98 Å². The molecule has 0 saturated carbocycles. The van der Waals surface area contributed by atoms with Gasteiger partial charge in [-0.1, -0.05) is 6.07 Å². The van der Waals surface area contributed by atoms with Crippen LogP contribution in [0.1, 0.15) is 24.1 Å². The Bertz CT molecular complexity index is 575. The molecule has 0 unspecified atom stereocenters. The Balaban J connectivity index is 2.07. The van der Waals surface area contributed by atoms with Crippen molar-refractivity contribution in [3.05, 3.63) is 58.1 Å². The van der Waals surface area contributed by atoms with Gasteiger partial charge in [0.15, 0.2) is 11.6 Å². The van der Waals surface area contributed by atoms with E-state index in [-0.39, 0.29) is 18.4 Å². The Labute approximate surface area is 119 Å². The summed E-state index contributed by atoms with van der Waals surface area (Å²) in [7, 11) is 0. The third kappa shape index (κ3) is 3.75. The first-order valence-corrected chi connectivity index (χ1v) is 6.63. The normalized spacial score (nSPS) is 12.2. The molecule has 2 aromatic rings. The van der Waals surface area contributed by atoms with E-state index in [4.69, 9.17) is 10.5 Å². The minimum atomic E-state index is -0.405. The maximum atomic E-state index is 13.8. The van der Waals surface area contributed by atoms with Gasteiger partial charge in [-0.2, -0.15) is 0 Å². The molecular formula is C14H14BrFN2O. The van der Waals surface area contributed by atoms with Crippen molar-refractivity contribution in [2.75, 3.05) is 0 Å². The molecular weight excluding hydrogens is 311 g/mol. The molecule has 0 aliphatic rings. The number of benzene rings is 1. The zero-order chi connectivity index (χ0) is 13.8. The van der Waals surface area contributed by atoms with E-state index in [1.165, 1.54) is 6.07 Å². The van der Waals surface area contributed by atoms with Crippen molar-refractivity contribution < 1.29 is 9.13 Å². The number of aromatic nitrogens is 1. The molecule has 5 heteroatoms. The number of nitrogens with two attached hydrogens (primary N) is 1. The van der Waals surface area contributed by atoms with Crippen molar-refractivity contribution in [3.8, 4) is 5.75 Å². The number of ether oxygens (including phenoxy) is 1. The van der Waals surface area contributed by atoms with Crippen LogP contribution < -0.4 is 10.5 Å². The second-order valence-corrected chi connectivity index (χ2v) is 5.19. The largest absolute Gasteiger partial charge is 0.486 e. The molecule has 0 amide bonds. The summed E-state index contributed by atoms with van der Waals surface area (Å²) in [4.78, 5) is 4.02. The van der Waals surface area contributed by atoms with Crippen molar-refractivity contribution in [1.82, 2.24) is 4.98 Å². The van der Waals surface area contributed by atoms with E-state index in [9.17, 15) is 4.39 Å². The van der Waals surface area contributed by atoms with E-state index < -0.39 is 5.82 Å². The van der Waals surface area contributed by atoms with Crippen LogP contribution in [0.3, 0.4) is 0 Å². The van der Waals surface area contributed by atoms with Gasteiger partial charge in [-0.15, -0.1) is 0 Å². The molecule has 3 nitrogen and oxygen atoms in total. The first-order valence-electron chi connectivity index (χ1n) is 5.83. The van der Waals surface area contributed by atoms with Crippen molar-refractivity contribution in [2.24, 2.45) is 5.73 Å². The Morgan fingerprint density at radius 2 is 2.16 bits per heavy atom. The molecule has 0 bridgehead atoms. The first-order chi connectivity index (χ1) is 9.06. The van der Waals surface area contributed by atoms with Crippen LogP contribution in [0.5, 0.6) is 5.75 Å². The zero-order valence-electron chi connectivity index (χ0n) is 10.4. The highest BCUT2D eigenvalue weighted by molar-refractivity contribution is 9.10. The van der Waals surface area contributed by atoms with Gasteiger partial charge in [0.1, 0.15) is 6.61 Å². The molecule has 0 spiro atoms. The predicted octanol–water partition coefficient (Wildman–Crippen LogP) is 3.58. The van der Waals surface area contributed by atoms with Gasteiger partial charge in [0.2, 0.25) is 0 Å². The topological polar surface area (TPSA) is 48.1 Å². The van der Waals surface area contributed by atoms with E-state index >= 15 is 0 Å². The summed E-state index contributed by atoms with van der Waals surface area (Å²) in [5.74, 6) is -0.192. The van der Waals surface area contributed by atoms with Crippen molar-refractivity contribution in [3.63, 3.8) is 0 Å². The maximum Gasteiger partial charge on any atom is 0.165 e. The number of hydrogen-bond donors (Lipinski definition) is 1. The molecule has 0 saturated heterocycles.